The molecule has 1 aliphatic heterocycles. The van der Waals surface area contributed by atoms with Crippen molar-refractivity contribution >= 4 is 15.9 Å². The second-order valence-electron chi connectivity index (χ2n) is 5.31. The minimum Gasteiger partial charge on any atom is -0.351 e. The van der Waals surface area contributed by atoms with Crippen LogP contribution in [0.3, 0.4) is 0 Å². The molecule has 23 heavy (non-hydrogen) atoms. The van der Waals surface area contributed by atoms with Crippen molar-refractivity contribution in [3.8, 4) is 0 Å². The van der Waals surface area contributed by atoms with E-state index in [1.54, 1.807) is 4.57 Å². The molecule has 2 aromatic rings. The number of hydrogen-bond donors (Lipinski definition) is 2. The smallest absolute Gasteiger partial charge is 0.267 e. The fourth-order valence-electron chi connectivity index (χ4n) is 2.41. The van der Waals surface area contributed by atoms with Crippen LogP contribution in [0.2, 0.25) is 0 Å². The first kappa shape index (κ1) is 15.7. The van der Waals surface area contributed by atoms with Crippen LogP contribution in [0.25, 0.3) is 0 Å². The number of nitrogens with zero attached hydrogens (tertiary/aromatic N) is 1. The van der Waals surface area contributed by atoms with E-state index in [-0.39, 0.29) is 23.2 Å². The average Bonchev–Trinajstić information content (AvgIpc) is 2.89. The standard InChI is InChI=1S/C15H16FN3O3S/c16-12-4-2-11(3-5-12)9-18-23(21,22)13-8-14-15(20)17-6-1-7-19(14)10-13/h2-5,8,10,18H,1,6-7,9H2,(H,17,20). The van der Waals surface area contributed by atoms with Crippen LogP contribution in [0.1, 0.15) is 22.5 Å². The fraction of sp³-hybridized carbons (Fsp3) is 0.267. The van der Waals surface area contributed by atoms with E-state index in [2.05, 4.69) is 10.0 Å². The first-order valence-electron chi connectivity index (χ1n) is 7.18. The van der Waals surface area contributed by atoms with E-state index in [4.69, 9.17) is 0 Å². The highest BCUT2D eigenvalue weighted by molar-refractivity contribution is 7.89. The zero-order valence-corrected chi connectivity index (χ0v) is 13.1. The summed E-state index contributed by atoms with van der Waals surface area (Å²) in [5.41, 5.74) is 0.984. The Kier molecular flexibility index (Phi) is 4.18. The van der Waals surface area contributed by atoms with Crippen LogP contribution in [0, 0.1) is 5.82 Å². The number of carbonyl (C=O) groups excluding carboxylic acids is 1. The van der Waals surface area contributed by atoms with Crippen LogP contribution >= 0.6 is 0 Å². The van der Waals surface area contributed by atoms with Crippen molar-refractivity contribution in [3.63, 3.8) is 0 Å². The Morgan fingerprint density at radius 1 is 1.26 bits per heavy atom. The van der Waals surface area contributed by atoms with Crippen molar-refractivity contribution in [2.75, 3.05) is 6.54 Å². The van der Waals surface area contributed by atoms with Gasteiger partial charge in [-0.15, -0.1) is 0 Å². The summed E-state index contributed by atoms with van der Waals surface area (Å²) in [7, 11) is -3.74. The maximum atomic E-state index is 12.8. The maximum Gasteiger partial charge on any atom is 0.267 e. The normalized spacial score (nSPS) is 14.9. The van der Waals surface area contributed by atoms with Gasteiger partial charge < -0.3 is 9.88 Å². The highest BCUT2D eigenvalue weighted by Crippen LogP contribution is 2.17. The number of aromatic nitrogens is 1. The molecule has 0 fully saturated rings. The highest BCUT2D eigenvalue weighted by Gasteiger charge is 2.22. The molecule has 0 saturated carbocycles. The number of fused-ring (bicyclic) bond motifs is 1. The Morgan fingerprint density at radius 2 is 2.00 bits per heavy atom. The molecule has 0 aliphatic carbocycles. The molecule has 0 spiro atoms. The number of amides is 1. The summed E-state index contributed by atoms with van der Waals surface area (Å²) < 4.78 is 41.7. The van der Waals surface area contributed by atoms with Crippen molar-refractivity contribution in [1.82, 2.24) is 14.6 Å². The van der Waals surface area contributed by atoms with E-state index in [0.717, 1.165) is 6.42 Å². The summed E-state index contributed by atoms with van der Waals surface area (Å²) in [5, 5.41) is 2.72. The zero-order chi connectivity index (χ0) is 16.4. The lowest BCUT2D eigenvalue weighted by Gasteiger charge is -2.05. The molecule has 2 heterocycles. The molecule has 0 atom stereocenters. The topological polar surface area (TPSA) is 80.2 Å². The molecule has 0 saturated heterocycles. The van der Waals surface area contributed by atoms with Gasteiger partial charge in [-0.1, -0.05) is 12.1 Å². The summed E-state index contributed by atoms with van der Waals surface area (Å²) in [5.74, 6) is -0.652. The first-order valence-corrected chi connectivity index (χ1v) is 8.66. The third-order valence-corrected chi connectivity index (χ3v) is 5.02. The number of nitrogens with one attached hydrogen (secondary N) is 2. The number of halogens is 1. The predicted octanol–water partition coefficient (Wildman–Crippen LogP) is 1.24. The van der Waals surface area contributed by atoms with E-state index >= 15 is 0 Å². The Balaban J connectivity index is 1.78. The van der Waals surface area contributed by atoms with Gasteiger partial charge in [-0.05, 0) is 30.2 Å². The molecule has 1 aromatic carbocycles. The lowest BCUT2D eigenvalue weighted by Crippen LogP contribution is -2.24. The van der Waals surface area contributed by atoms with Gasteiger partial charge in [0.05, 0.1) is 0 Å². The molecule has 8 heteroatoms. The molecule has 6 nitrogen and oxygen atoms in total. The van der Waals surface area contributed by atoms with E-state index in [0.29, 0.717) is 24.3 Å². The minimum absolute atomic E-state index is 0.0478. The quantitative estimate of drug-likeness (QED) is 0.881. The maximum absolute atomic E-state index is 12.8. The average molecular weight is 337 g/mol. The molecule has 0 unspecified atom stereocenters. The monoisotopic (exact) mass is 337 g/mol. The molecule has 0 bridgehead atoms. The number of sulfonamides is 1. The van der Waals surface area contributed by atoms with Crippen LogP contribution in [0.5, 0.6) is 0 Å². The van der Waals surface area contributed by atoms with Gasteiger partial charge in [-0.3, -0.25) is 4.79 Å². The molecule has 122 valence electrons. The summed E-state index contributed by atoms with van der Waals surface area (Å²) in [6, 6.07) is 6.94. The third-order valence-electron chi connectivity index (χ3n) is 3.66. The van der Waals surface area contributed by atoms with Crippen molar-refractivity contribution in [1.29, 1.82) is 0 Å². The summed E-state index contributed by atoms with van der Waals surface area (Å²) in [4.78, 5) is 11.9. The second kappa shape index (κ2) is 6.13. The molecule has 1 aliphatic rings. The molecule has 2 N–H and O–H groups in total. The SMILES string of the molecule is O=C1NCCCn2cc(S(=O)(=O)NCc3ccc(F)cc3)cc21. The number of carbonyl (C=O) groups is 1. The van der Waals surface area contributed by atoms with E-state index < -0.39 is 10.0 Å². The summed E-state index contributed by atoms with van der Waals surface area (Å²) in [6.45, 7) is 1.21. The van der Waals surface area contributed by atoms with Crippen LogP contribution < -0.4 is 10.0 Å². The van der Waals surface area contributed by atoms with E-state index in [1.807, 2.05) is 0 Å². The Labute approximate surface area is 133 Å². The van der Waals surface area contributed by atoms with Gasteiger partial charge in [0.25, 0.3) is 5.91 Å². The molecule has 0 radical (unpaired) electrons. The van der Waals surface area contributed by atoms with Crippen LogP contribution in [0.15, 0.2) is 41.4 Å². The number of benzene rings is 1. The van der Waals surface area contributed by atoms with Crippen molar-refractivity contribution in [2.45, 2.75) is 24.4 Å². The third kappa shape index (κ3) is 3.43. The van der Waals surface area contributed by atoms with Gasteiger partial charge in [0.15, 0.2) is 0 Å². The zero-order valence-electron chi connectivity index (χ0n) is 12.3. The lowest BCUT2D eigenvalue weighted by molar-refractivity contribution is 0.0951. The van der Waals surface area contributed by atoms with Gasteiger partial charge in [-0.2, -0.15) is 0 Å². The van der Waals surface area contributed by atoms with E-state index in [1.165, 1.54) is 36.5 Å². The van der Waals surface area contributed by atoms with E-state index in [9.17, 15) is 17.6 Å². The van der Waals surface area contributed by atoms with Crippen molar-refractivity contribution in [3.05, 3.63) is 53.6 Å². The molecular formula is C15H16FN3O3S. The van der Waals surface area contributed by atoms with Crippen molar-refractivity contribution in [2.24, 2.45) is 0 Å². The summed E-state index contributed by atoms with van der Waals surface area (Å²) in [6.07, 6.45) is 2.21. The Hall–Kier alpha value is -2.19. The fourth-order valence-corrected chi connectivity index (χ4v) is 3.47. The largest absolute Gasteiger partial charge is 0.351 e. The van der Waals surface area contributed by atoms with Gasteiger partial charge in [-0.25, -0.2) is 17.5 Å². The minimum atomic E-state index is -3.74. The van der Waals surface area contributed by atoms with Crippen LogP contribution in [0.4, 0.5) is 4.39 Å². The molecule has 1 amide bonds. The molecule has 1 aromatic heterocycles. The summed E-state index contributed by atoms with van der Waals surface area (Å²) >= 11 is 0. The second-order valence-corrected chi connectivity index (χ2v) is 7.08. The van der Waals surface area contributed by atoms with Gasteiger partial charge in [0.1, 0.15) is 16.4 Å². The van der Waals surface area contributed by atoms with Crippen LogP contribution in [-0.4, -0.2) is 25.4 Å². The lowest BCUT2D eigenvalue weighted by atomic mass is 10.2. The predicted molar refractivity (Wildman–Crippen MR) is 81.8 cm³/mol. The Bertz CT molecular complexity index is 828. The number of aryl methyl sites for hydroxylation is 1. The van der Waals surface area contributed by atoms with Crippen molar-refractivity contribution < 1.29 is 17.6 Å². The van der Waals surface area contributed by atoms with Crippen LogP contribution in [-0.2, 0) is 23.1 Å². The molecular weight excluding hydrogens is 321 g/mol. The highest BCUT2D eigenvalue weighted by atomic mass is 32.2. The number of rotatable bonds is 4. The number of hydrogen-bond acceptors (Lipinski definition) is 3. The first-order chi connectivity index (χ1) is 11.0. The Morgan fingerprint density at radius 3 is 2.74 bits per heavy atom. The van der Waals surface area contributed by atoms with Gasteiger partial charge in [0.2, 0.25) is 10.0 Å². The van der Waals surface area contributed by atoms with Gasteiger partial charge >= 0.3 is 0 Å². The molecule has 3 rings (SSSR count). The van der Waals surface area contributed by atoms with Gasteiger partial charge in [0, 0.05) is 25.8 Å².